The van der Waals surface area contributed by atoms with Gasteiger partial charge in [-0.15, -0.1) is 0 Å². The topological polar surface area (TPSA) is 12.5 Å². The zero-order valence-electron chi connectivity index (χ0n) is 9.71. The van der Waals surface area contributed by atoms with Crippen molar-refractivity contribution < 1.29 is 4.74 Å². The molecule has 1 saturated heterocycles. The highest BCUT2D eigenvalue weighted by atomic mass is 16.5. The van der Waals surface area contributed by atoms with Crippen LogP contribution >= 0.6 is 0 Å². The molecule has 0 amide bonds. The maximum absolute atomic E-state index is 5.23. The molecule has 0 bridgehead atoms. The molecule has 0 unspecified atom stereocenters. The van der Waals surface area contributed by atoms with Crippen molar-refractivity contribution in [2.75, 3.05) is 26.2 Å². The van der Waals surface area contributed by atoms with E-state index in [9.17, 15) is 0 Å². The molecule has 1 fully saturated rings. The fourth-order valence-corrected chi connectivity index (χ4v) is 2.48. The quantitative estimate of drug-likeness (QED) is 0.645. The smallest absolute Gasteiger partial charge is 0.0911 e. The largest absolute Gasteiger partial charge is 0.501 e. The van der Waals surface area contributed by atoms with Gasteiger partial charge in [0, 0.05) is 6.42 Å². The van der Waals surface area contributed by atoms with Gasteiger partial charge in [-0.3, -0.25) is 0 Å². The van der Waals surface area contributed by atoms with Gasteiger partial charge in [-0.05, 0) is 57.3 Å². The third kappa shape index (κ3) is 3.86. The van der Waals surface area contributed by atoms with Crippen molar-refractivity contribution in [3.8, 4) is 0 Å². The molecule has 0 aromatic carbocycles. The van der Waals surface area contributed by atoms with Crippen molar-refractivity contribution in [3.05, 3.63) is 11.8 Å². The van der Waals surface area contributed by atoms with Crippen LogP contribution in [0.25, 0.3) is 0 Å². The van der Waals surface area contributed by atoms with Gasteiger partial charge in [-0.1, -0.05) is 6.42 Å². The van der Waals surface area contributed by atoms with E-state index in [2.05, 4.69) is 4.90 Å². The van der Waals surface area contributed by atoms with Crippen LogP contribution in [0.5, 0.6) is 0 Å². The molecule has 2 rings (SSSR count). The number of nitrogens with zero attached hydrogens (tertiary/aromatic N) is 1. The predicted molar refractivity (Wildman–Crippen MR) is 62.8 cm³/mol. The Kier molecular flexibility index (Phi) is 4.52. The van der Waals surface area contributed by atoms with E-state index in [1.807, 2.05) is 6.26 Å². The third-order valence-electron chi connectivity index (χ3n) is 3.46. The SMILES string of the molecule is C1=C(CCCCN2CCCCC2)CCO1. The van der Waals surface area contributed by atoms with Gasteiger partial charge in [0.25, 0.3) is 0 Å². The molecule has 0 aliphatic carbocycles. The Bertz CT molecular complexity index is 207. The van der Waals surface area contributed by atoms with E-state index >= 15 is 0 Å². The fourth-order valence-electron chi connectivity index (χ4n) is 2.48. The van der Waals surface area contributed by atoms with Gasteiger partial charge in [-0.25, -0.2) is 0 Å². The van der Waals surface area contributed by atoms with Crippen molar-refractivity contribution in [3.63, 3.8) is 0 Å². The summed E-state index contributed by atoms with van der Waals surface area (Å²) in [7, 11) is 0. The highest BCUT2D eigenvalue weighted by Gasteiger charge is 2.09. The summed E-state index contributed by atoms with van der Waals surface area (Å²) in [5.74, 6) is 0. The zero-order valence-corrected chi connectivity index (χ0v) is 9.71. The zero-order chi connectivity index (χ0) is 10.3. The lowest BCUT2D eigenvalue weighted by atomic mass is 10.1. The summed E-state index contributed by atoms with van der Waals surface area (Å²) in [5, 5.41) is 0. The first-order chi connectivity index (χ1) is 7.45. The molecule has 2 heteroatoms. The van der Waals surface area contributed by atoms with Gasteiger partial charge in [0.05, 0.1) is 12.9 Å². The highest BCUT2D eigenvalue weighted by Crippen LogP contribution is 2.17. The van der Waals surface area contributed by atoms with Crippen LogP contribution in [-0.2, 0) is 4.74 Å². The molecule has 0 radical (unpaired) electrons. The Morgan fingerprint density at radius 3 is 2.73 bits per heavy atom. The maximum atomic E-state index is 5.23. The highest BCUT2D eigenvalue weighted by molar-refractivity contribution is 5.01. The lowest BCUT2D eigenvalue weighted by Gasteiger charge is -2.26. The summed E-state index contributed by atoms with van der Waals surface area (Å²) in [6.45, 7) is 4.91. The molecule has 15 heavy (non-hydrogen) atoms. The van der Waals surface area contributed by atoms with Gasteiger partial charge in [0.2, 0.25) is 0 Å². The van der Waals surface area contributed by atoms with Gasteiger partial charge < -0.3 is 9.64 Å². The Balaban J connectivity index is 1.50. The number of likely N-dealkylation sites (tertiary alicyclic amines) is 1. The monoisotopic (exact) mass is 209 g/mol. The Hall–Kier alpha value is -0.500. The van der Waals surface area contributed by atoms with Gasteiger partial charge in [0.1, 0.15) is 0 Å². The minimum absolute atomic E-state index is 0.918. The van der Waals surface area contributed by atoms with E-state index < -0.39 is 0 Å². The molecule has 0 spiro atoms. The van der Waals surface area contributed by atoms with Gasteiger partial charge >= 0.3 is 0 Å². The number of ether oxygens (including phenoxy) is 1. The lowest BCUT2D eigenvalue weighted by molar-refractivity contribution is 0.225. The third-order valence-corrected chi connectivity index (χ3v) is 3.46. The summed E-state index contributed by atoms with van der Waals surface area (Å²) in [6.07, 6.45) is 11.4. The maximum Gasteiger partial charge on any atom is 0.0911 e. The van der Waals surface area contributed by atoms with E-state index in [-0.39, 0.29) is 0 Å². The number of unbranched alkanes of at least 4 members (excludes halogenated alkanes) is 1. The molecule has 2 aliphatic rings. The Morgan fingerprint density at radius 2 is 2.00 bits per heavy atom. The number of hydrogen-bond acceptors (Lipinski definition) is 2. The summed E-state index contributed by atoms with van der Waals surface area (Å²) >= 11 is 0. The van der Waals surface area contributed by atoms with Gasteiger partial charge in [0.15, 0.2) is 0 Å². The van der Waals surface area contributed by atoms with E-state index in [1.54, 1.807) is 0 Å². The molecule has 2 nitrogen and oxygen atoms in total. The van der Waals surface area contributed by atoms with Crippen LogP contribution in [0.2, 0.25) is 0 Å². The van der Waals surface area contributed by atoms with Crippen LogP contribution in [0.3, 0.4) is 0 Å². The minimum atomic E-state index is 0.918. The second-order valence-electron chi connectivity index (χ2n) is 4.76. The summed E-state index contributed by atoms with van der Waals surface area (Å²) in [4.78, 5) is 2.63. The summed E-state index contributed by atoms with van der Waals surface area (Å²) in [5.41, 5.74) is 1.52. The van der Waals surface area contributed by atoms with E-state index in [0.717, 1.165) is 6.61 Å². The number of rotatable bonds is 5. The minimum Gasteiger partial charge on any atom is -0.501 e. The second kappa shape index (κ2) is 6.16. The lowest BCUT2D eigenvalue weighted by Crippen LogP contribution is -2.30. The van der Waals surface area contributed by atoms with Crippen molar-refractivity contribution in [1.82, 2.24) is 4.90 Å². The van der Waals surface area contributed by atoms with Crippen molar-refractivity contribution in [1.29, 1.82) is 0 Å². The fraction of sp³-hybridized carbons (Fsp3) is 0.846. The van der Waals surface area contributed by atoms with Gasteiger partial charge in [-0.2, -0.15) is 0 Å². The van der Waals surface area contributed by atoms with E-state index in [1.165, 1.54) is 70.2 Å². The number of hydrogen-bond donors (Lipinski definition) is 0. The molecule has 0 aromatic heterocycles. The predicted octanol–water partition coefficient (Wildman–Crippen LogP) is 2.95. The molecular weight excluding hydrogens is 186 g/mol. The first-order valence-electron chi connectivity index (χ1n) is 6.47. The Morgan fingerprint density at radius 1 is 1.13 bits per heavy atom. The first kappa shape index (κ1) is 11.0. The van der Waals surface area contributed by atoms with Crippen LogP contribution in [0.1, 0.15) is 44.9 Å². The van der Waals surface area contributed by atoms with Crippen molar-refractivity contribution in [2.24, 2.45) is 0 Å². The molecular formula is C13H23NO. The molecule has 0 N–H and O–H groups in total. The molecule has 0 saturated carbocycles. The Labute approximate surface area is 93.3 Å². The van der Waals surface area contributed by atoms with E-state index in [0.29, 0.717) is 0 Å². The second-order valence-corrected chi connectivity index (χ2v) is 4.76. The molecule has 86 valence electrons. The summed E-state index contributed by atoms with van der Waals surface area (Å²) in [6, 6.07) is 0. The van der Waals surface area contributed by atoms with Crippen LogP contribution in [0.15, 0.2) is 11.8 Å². The molecule has 0 aromatic rings. The average molecular weight is 209 g/mol. The van der Waals surface area contributed by atoms with Crippen LogP contribution in [-0.4, -0.2) is 31.1 Å². The molecule has 2 aliphatic heterocycles. The normalized spacial score (nSPS) is 22.5. The van der Waals surface area contributed by atoms with Crippen molar-refractivity contribution >= 4 is 0 Å². The van der Waals surface area contributed by atoms with Crippen molar-refractivity contribution in [2.45, 2.75) is 44.9 Å². The summed E-state index contributed by atoms with van der Waals surface area (Å²) < 4.78 is 5.23. The number of piperidine rings is 1. The molecule has 2 heterocycles. The van der Waals surface area contributed by atoms with E-state index in [4.69, 9.17) is 4.74 Å². The first-order valence-corrected chi connectivity index (χ1v) is 6.47. The average Bonchev–Trinajstić information content (AvgIpc) is 2.79. The van der Waals surface area contributed by atoms with Crippen LogP contribution in [0, 0.1) is 0 Å². The molecule has 0 atom stereocenters. The van der Waals surface area contributed by atoms with Crippen LogP contribution < -0.4 is 0 Å². The van der Waals surface area contributed by atoms with Crippen LogP contribution in [0.4, 0.5) is 0 Å². The standard InChI is InChI=1S/C13H23NO/c1-3-8-14(9-4-1)10-5-2-6-13-7-11-15-12-13/h12H,1-11H2.